The van der Waals surface area contributed by atoms with Crippen molar-refractivity contribution in [3.63, 3.8) is 0 Å². The molecule has 0 aromatic heterocycles. The predicted octanol–water partition coefficient (Wildman–Crippen LogP) is 4.52. The van der Waals surface area contributed by atoms with Crippen LogP contribution >= 0.6 is 0 Å². The predicted molar refractivity (Wildman–Crippen MR) is 116 cm³/mol. The number of halogens is 1. The fourth-order valence-corrected chi connectivity index (χ4v) is 4.29. The summed E-state index contributed by atoms with van der Waals surface area (Å²) < 4.78 is 23.0. The molecule has 158 valence electrons. The van der Waals surface area contributed by atoms with Crippen molar-refractivity contribution < 1.29 is 18.7 Å². The lowest BCUT2D eigenvalue weighted by Crippen LogP contribution is -2.47. The number of methoxy groups -OCH3 is 1. The Kier molecular flexibility index (Phi) is 6.48. The van der Waals surface area contributed by atoms with Gasteiger partial charge in [0.25, 0.3) is 0 Å². The van der Waals surface area contributed by atoms with Crippen molar-refractivity contribution >= 4 is 11.5 Å². The Balaban J connectivity index is 1.46. The molecular weight excluding hydrogens is 381 g/mol. The molecule has 0 atom stereocenters. The number of nitrogens with zero attached hydrogens (tertiary/aromatic N) is 1. The summed E-state index contributed by atoms with van der Waals surface area (Å²) in [5.74, 6) is 1.02. The summed E-state index contributed by atoms with van der Waals surface area (Å²) >= 11 is 0. The Hall–Kier alpha value is -2.66. The first kappa shape index (κ1) is 20.6. The second-order valence-electron chi connectivity index (χ2n) is 8.03. The van der Waals surface area contributed by atoms with Crippen LogP contribution in [-0.4, -0.2) is 50.9 Å². The summed E-state index contributed by atoms with van der Waals surface area (Å²) in [4.78, 5) is 14.2. The lowest BCUT2D eigenvalue weighted by Gasteiger charge is -2.39. The van der Waals surface area contributed by atoms with Gasteiger partial charge < -0.3 is 14.4 Å². The first-order valence-corrected chi connectivity index (χ1v) is 10.6. The van der Waals surface area contributed by atoms with E-state index < -0.39 is 0 Å². The molecule has 30 heavy (non-hydrogen) atoms. The van der Waals surface area contributed by atoms with Crippen LogP contribution in [-0.2, 0) is 11.2 Å². The second kappa shape index (κ2) is 9.43. The number of fused-ring (bicyclic) bond motifs is 1. The van der Waals surface area contributed by atoms with E-state index in [-0.39, 0.29) is 12.6 Å². The van der Waals surface area contributed by atoms with Crippen molar-refractivity contribution in [2.24, 2.45) is 5.92 Å². The molecule has 4 nitrogen and oxygen atoms in total. The average molecular weight is 410 g/mol. The molecule has 5 heteroatoms. The normalized spacial score (nSPS) is 16.7. The first-order chi connectivity index (χ1) is 14.7. The highest BCUT2D eigenvalue weighted by atomic mass is 19.1. The van der Waals surface area contributed by atoms with E-state index in [0.29, 0.717) is 30.3 Å². The van der Waals surface area contributed by atoms with Crippen molar-refractivity contribution in [2.45, 2.75) is 19.3 Å². The maximum atomic E-state index is 12.3. The fraction of sp³-hybridized carbons (Fsp3) is 0.400. The molecule has 1 saturated heterocycles. The first-order valence-electron chi connectivity index (χ1n) is 10.6. The van der Waals surface area contributed by atoms with Crippen LogP contribution in [0, 0.1) is 5.92 Å². The van der Waals surface area contributed by atoms with E-state index in [9.17, 15) is 9.18 Å². The Morgan fingerprint density at radius 3 is 2.73 bits per heavy atom. The third-order valence-corrected chi connectivity index (χ3v) is 5.85. The van der Waals surface area contributed by atoms with Gasteiger partial charge in [0.2, 0.25) is 0 Å². The van der Waals surface area contributed by atoms with Crippen LogP contribution in [0.4, 0.5) is 4.39 Å². The maximum Gasteiger partial charge on any atom is 0.337 e. The van der Waals surface area contributed by atoms with Crippen LogP contribution in [0.3, 0.4) is 0 Å². The van der Waals surface area contributed by atoms with E-state index in [4.69, 9.17) is 9.47 Å². The minimum absolute atomic E-state index is 0.226. The van der Waals surface area contributed by atoms with E-state index in [2.05, 4.69) is 35.2 Å². The number of hydrogen-bond donors (Lipinski definition) is 0. The molecule has 0 bridgehead atoms. The van der Waals surface area contributed by atoms with Gasteiger partial charge in [-0.15, -0.1) is 0 Å². The highest BCUT2D eigenvalue weighted by molar-refractivity contribution is 5.92. The van der Waals surface area contributed by atoms with E-state index in [1.54, 1.807) is 12.1 Å². The molecular formula is C25H28FNO3. The molecule has 0 radical (unpaired) electrons. The van der Waals surface area contributed by atoms with Crippen LogP contribution in [0.2, 0.25) is 0 Å². The topological polar surface area (TPSA) is 38.8 Å². The summed E-state index contributed by atoms with van der Waals surface area (Å²) in [5, 5.41) is 0. The fourth-order valence-electron chi connectivity index (χ4n) is 4.29. The van der Waals surface area contributed by atoms with Crippen LogP contribution in [0.25, 0.3) is 5.57 Å². The number of benzene rings is 2. The van der Waals surface area contributed by atoms with Gasteiger partial charge in [-0.3, -0.25) is 4.39 Å². The van der Waals surface area contributed by atoms with Gasteiger partial charge in [-0.2, -0.15) is 0 Å². The van der Waals surface area contributed by atoms with Gasteiger partial charge in [-0.25, -0.2) is 4.79 Å². The van der Waals surface area contributed by atoms with Crippen LogP contribution in [0.1, 0.15) is 39.9 Å². The molecule has 1 fully saturated rings. The van der Waals surface area contributed by atoms with E-state index in [0.717, 1.165) is 49.2 Å². The van der Waals surface area contributed by atoms with Crippen LogP contribution in [0.5, 0.6) is 5.75 Å². The van der Waals surface area contributed by atoms with E-state index in [1.807, 2.05) is 6.07 Å². The zero-order chi connectivity index (χ0) is 20.9. The third-order valence-electron chi connectivity index (χ3n) is 5.85. The molecule has 0 saturated carbocycles. The minimum Gasteiger partial charge on any atom is -0.493 e. The van der Waals surface area contributed by atoms with Gasteiger partial charge in [0.05, 0.1) is 26.0 Å². The van der Waals surface area contributed by atoms with Gasteiger partial charge in [-0.05, 0) is 53.7 Å². The number of likely N-dealkylation sites (tertiary alicyclic amines) is 1. The maximum absolute atomic E-state index is 12.3. The number of alkyl halides is 1. The second-order valence-corrected chi connectivity index (χ2v) is 8.03. The molecule has 2 aliphatic heterocycles. The summed E-state index contributed by atoms with van der Waals surface area (Å²) in [6.07, 6.45) is 4.72. The molecule has 0 aliphatic carbocycles. The summed E-state index contributed by atoms with van der Waals surface area (Å²) in [7, 11) is 1.38. The molecule has 0 unspecified atom stereocenters. The molecule has 2 aromatic carbocycles. The van der Waals surface area contributed by atoms with Crippen LogP contribution < -0.4 is 4.74 Å². The number of esters is 1. The number of hydrogen-bond acceptors (Lipinski definition) is 4. The van der Waals surface area contributed by atoms with Crippen molar-refractivity contribution in [1.29, 1.82) is 0 Å². The van der Waals surface area contributed by atoms with Crippen molar-refractivity contribution in [3.8, 4) is 5.75 Å². The summed E-state index contributed by atoms with van der Waals surface area (Å²) in [6, 6.07) is 14.2. The zero-order valence-corrected chi connectivity index (χ0v) is 17.4. The number of rotatable bonds is 7. The largest absolute Gasteiger partial charge is 0.493 e. The lowest BCUT2D eigenvalue weighted by molar-refractivity contribution is 0.0600. The van der Waals surface area contributed by atoms with Crippen molar-refractivity contribution in [2.75, 3.05) is 40.0 Å². The average Bonchev–Trinajstić information content (AvgIpc) is 2.97. The molecule has 2 aromatic rings. The van der Waals surface area contributed by atoms with Crippen molar-refractivity contribution in [1.82, 2.24) is 4.90 Å². The number of ether oxygens (including phenoxy) is 2. The minimum atomic E-state index is -0.361. The molecule has 0 amide bonds. The van der Waals surface area contributed by atoms with Gasteiger partial charge in [0, 0.05) is 31.6 Å². The van der Waals surface area contributed by atoms with Gasteiger partial charge in [0.15, 0.2) is 0 Å². The van der Waals surface area contributed by atoms with E-state index in [1.165, 1.54) is 12.7 Å². The Bertz CT molecular complexity index is 916. The smallest absolute Gasteiger partial charge is 0.337 e. The lowest BCUT2D eigenvalue weighted by atomic mass is 9.90. The Labute approximate surface area is 177 Å². The van der Waals surface area contributed by atoms with Gasteiger partial charge in [0.1, 0.15) is 5.75 Å². The SMILES string of the molecule is COC(=O)c1ccc2c(c1)OCCC=C2c1ccc(CC2CN(CCCF)C2)cc1. The van der Waals surface area contributed by atoms with Crippen molar-refractivity contribution in [3.05, 3.63) is 70.8 Å². The highest BCUT2D eigenvalue weighted by Crippen LogP contribution is 2.35. The Morgan fingerprint density at radius 1 is 1.20 bits per heavy atom. The summed E-state index contributed by atoms with van der Waals surface area (Å²) in [6.45, 7) is 3.37. The zero-order valence-electron chi connectivity index (χ0n) is 17.4. The number of carbonyl (C=O) groups is 1. The highest BCUT2D eigenvalue weighted by Gasteiger charge is 2.26. The quantitative estimate of drug-likeness (QED) is 0.630. The molecule has 0 N–H and O–H groups in total. The van der Waals surface area contributed by atoms with Crippen LogP contribution in [0.15, 0.2) is 48.5 Å². The van der Waals surface area contributed by atoms with Gasteiger partial charge in [-0.1, -0.05) is 30.3 Å². The van der Waals surface area contributed by atoms with E-state index >= 15 is 0 Å². The Morgan fingerprint density at radius 2 is 2.00 bits per heavy atom. The molecule has 2 aliphatic rings. The molecule has 2 heterocycles. The standard InChI is InChI=1S/C25H28FNO3/c1-29-25(28)21-9-10-23-22(4-2-13-30-24(23)15-21)20-7-5-18(6-8-20)14-19-16-27(17-19)12-3-11-26/h4-10,15,19H,2-3,11-14,16-17H2,1H3. The third kappa shape index (κ3) is 4.57. The van der Waals surface area contributed by atoms with Gasteiger partial charge >= 0.3 is 5.97 Å². The summed E-state index contributed by atoms with van der Waals surface area (Å²) in [5.41, 5.74) is 5.10. The molecule has 4 rings (SSSR count). The molecule has 0 spiro atoms. The number of carbonyl (C=O) groups excluding carboxylic acids is 1. The monoisotopic (exact) mass is 409 g/mol.